The summed E-state index contributed by atoms with van der Waals surface area (Å²) in [6, 6.07) is 18.1. The number of unbranched alkanes of at least 4 members (excludes halogenated alkanes) is 1. The summed E-state index contributed by atoms with van der Waals surface area (Å²) in [5.74, 6) is 0.311. The Morgan fingerprint density at radius 3 is 2.65 bits per heavy atom. The minimum Gasteiger partial charge on any atom is -0.484 e. The van der Waals surface area contributed by atoms with Crippen molar-refractivity contribution >= 4 is 28.1 Å². The van der Waals surface area contributed by atoms with Crippen LogP contribution in [0, 0.1) is 13.8 Å². The molecule has 0 aliphatic rings. The maximum atomic E-state index is 12.0. The number of benzene rings is 2. The molecule has 0 fully saturated rings. The Bertz CT molecular complexity index is 1060. The second-order valence-electron chi connectivity index (χ2n) is 7.47. The number of aryl methyl sites for hydroxylation is 2. The number of nitrogens with zero attached hydrogens (tertiary/aromatic N) is 2. The third-order valence-electron chi connectivity index (χ3n) is 5.04. The standard InChI is InChI=1S/C25H28BrN3O2/c1-4-5-7-20-10-12-23(13-11-20)29-18(2)14-21(19(29)3)16-27-28-25(30)17-31-24-9-6-8-22(26)15-24/h6,8-16H,4-5,7,17H2,1-3H3,(H,28,30). The molecule has 0 bridgehead atoms. The fourth-order valence-electron chi connectivity index (χ4n) is 3.42. The molecule has 1 amide bonds. The van der Waals surface area contributed by atoms with Gasteiger partial charge in [-0.15, -0.1) is 0 Å². The van der Waals surface area contributed by atoms with Crippen molar-refractivity contribution in [3.8, 4) is 11.4 Å². The number of rotatable bonds is 9. The molecule has 0 radical (unpaired) electrons. The highest BCUT2D eigenvalue weighted by Crippen LogP contribution is 2.21. The lowest BCUT2D eigenvalue weighted by Gasteiger charge is -2.10. The van der Waals surface area contributed by atoms with Crippen molar-refractivity contribution in [2.75, 3.05) is 6.61 Å². The molecule has 2 aromatic carbocycles. The maximum Gasteiger partial charge on any atom is 0.277 e. The average molecular weight is 482 g/mol. The first kappa shape index (κ1) is 22.8. The van der Waals surface area contributed by atoms with E-state index in [1.54, 1.807) is 12.3 Å². The van der Waals surface area contributed by atoms with Crippen molar-refractivity contribution in [3.05, 3.63) is 81.6 Å². The van der Waals surface area contributed by atoms with Crippen LogP contribution in [0.5, 0.6) is 5.75 Å². The van der Waals surface area contributed by atoms with E-state index < -0.39 is 0 Å². The van der Waals surface area contributed by atoms with Crippen molar-refractivity contribution < 1.29 is 9.53 Å². The summed E-state index contributed by atoms with van der Waals surface area (Å²) in [6.45, 7) is 6.23. The van der Waals surface area contributed by atoms with Crippen LogP contribution < -0.4 is 10.2 Å². The molecule has 1 heterocycles. The van der Waals surface area contributed by atoms with Gasteiger partial charge in [-0.2, -0.15) is 5.10 Å². The summed E-state index contributed by atoms with van der Waals surface area (Å²) < 4.78 is 8.57. The molecule has 3 aromatic rings. The number of hydrogen-bond donors (Lipinski definition) is 1. The molecular formula is C25H28BrN3O2. The number of carbonyl (C=O) groups is 1. The van der Waals surface area contributed by atoms with Crippen LogP contribution in [0.25, 0.3) is 5.69 Å². The molecule has 162 valence electrons. The van der Waals surface area contributed by atoms with Gasteiger partial charge in [-0.25, -0.2) is 5.43 Å². The van der Waals surface area contributed by atoms with Crippen molar-refractivity contribution in [3.63, 3.8) is 0 Å². The Labute approximate surface area is 192 Å². The van der Waals surface area contributed by atoms with Crippen molar-refractivity contribution in [1.82, 2.24) is 9.99 Å². The van der Waals surface area contributed by atoms with Crippen LogP contribution in [0.15, 0.2) is 64.2 Å². The molecule has 0 spiro atoms. The minimum atomic E-state index is -0.312. The minimum absolute atomic E-state index is 0.100. The molecule has 6 heteroatoms. The first-order valence-electron chi connectivity index (χ1n) is 10.5. The van der Waals surface area contributed by atoms with Gasteiger partial charge in [0, 0.05) is 27.1 Å². The smallest absolute Gasteiger partial charge is 0.277 e. The van der Waals surface area contributed by atoms with E-state index in [0.29, 0.717) is 5.75 Å². The van der Waals surface area contributed by atoms with E-state index in [1.807, 2.05) is 18.2 Å². The monoisotopic (exact) mass is 481 g/mol. The van der Waals surface area contributed by atoms with Crippen LogP contribution in [0.4, 0.5) is 0 Å². The summed E-state index contributed by atoms with van der Waals surface area (Å²) in [6.07, 6.45) is 5.20. The Balaban J connectivity index is 1.60. The summed E-state index contributed by atoms with van der Waals surface area (Å²) in [5, 5.41) is 4.10. The number of amides is 1. The molecule has 0 saturated carbocycles. The molecule has 5 nitrogen and oxygen atoms in total. The van der Waals surface area contributed by atoms with Crippen LogP contribution in [-0.4, -0.2) is 23.3 Å². The largest absolute Gasteiger partial charge is 0.484 e. The first-order valence-corrected chi connectivity index (χ1v) is 11.3. The first-order chi connectivity index (χ1) is 15.0. The molecule has 31 heavy (non-hydrogen) atoms. The predicted octanol–water partition coefficient (Wildman–Crippen LogP) is 5.73. The summed E-state index contributed by atoms with van der Waals surface area (Å²) in [4.78, 5) is 12.0. The highest BCUT2D eigenvalue weighted by molar-refractivity contribution is 9.10. The Morgan fingerprint density at radius 2 is 1.94 bits per heavy atom. The van der Waals surface area contributed by atoms with Gasteiger partial charge in [0.15, 0.2) is 6.61 Å². The van der Waals surface area contributed by atoms with Gasteiger partial charge in [0.25, 0.3) is 5.91 Å². The van der Waals surface area contributed by atoms with Gasteiger partial charge >= 0.3 is 0 Å². The van der Waals surface area contributed by atoms with Crippen LogP contribution in [0.3, 0.4) is 0 Å². The second kappa shape index (κ2) is 11.0. The lowest BCUT2D eigenvalue weighted by Crippen LogP contribution is -2.24. The number of halogens is 1. The normalized spacial score (nSPS) is 11.1. The van der Waals surface area contributed by atoms with E-state index >= 15 is 0 Å². The summed E-state index contributed by atoms with van der Waals surface area (Å²) in [7, 11) is 0. The van der Waals surface area contributed by atoms with Crippen LogP contribution in [0.1, 0.15) is 42.3 Å². The van der Waals surface area contributed by atoms with Gasteiger partial charge in [0.05, 0.1) is 6.21 Å². The second-order valence-corrected chi connectivity index (χ2v) is 8.39. The molecule has 0 aliphatic heterocycles. The Kier molecular flexibility index (Phi) is 8.06. The van der Waals surface area contributed by atoms with Crippen LogP contribution in [0.2, 0.25) is 0 Å². The SMILES string of the molecule is CCCCc1ccc(-n2c(C)cc(C=NNC(=O)COc3cccc(Br)c3)c2C)cc1. The zero-order chi connectivity index (χ0) is 22.2. The van der Waals surface area contributed by atoms with E-state index in [1.165, 1.54) is 18.4 Å². The van der Waals surface area contributed by atoms with Gasteiger partial charge < -0.3 is 9.30 Å². The molecular weight excluding hydrogens is 454 g/mol. The Morgan fingerprint density at radius 1 is 1.16 bits per heavy atom. The van der Waals surface area contributed by atoms with Gasteiger partial charge in [-0.3, -0.25) is 4.79 Å². The summed E-state index contributed by atoms with van der Waals surface area (Å²) in [5.41, 5.74) is 8.16. The number of hydrazone groups is 1. The fourth-order valence-corrected chi connectivity index (χ4v) is 3.80. The van der Waals surface area contributed by atoms with Crippen molar-refractivity contribution in [1.29, 1.82) is 0 Å². The molecule has 0 unspecified atom stereocenters. The van der Waals surface area contributed by atoms with E-state index in [2.05, 4.69) is 82.1 Å². The third kappa shape index (κ3) is 6.31. The molecule has 0 saturated heterocycles. The van der Waals surface area contributed by atoms with Crippen molar-refractivity contribution in [2.24, 2.45) is 5.10 Å². The Hall–Kier alpha value is -2.86. The average Bonchev–Trinajstić information content (AvgIpc) is 3.04. The molecule has 3 rings (SSSR count). The predicted molar refractivity (Wildman–Crippen MR) is 129 cm³/mol. The number of nitrogens with one attached hydrogen (secondary N) is 1. The number of carbonyl (C=O) groups excluding carboxylic acids is 1. The quantitative estimate of drug-likeness (QED) is 0.313. The van der Waals surface area contributed by atoms with E-state index in [-0.39, 0.29) is 12.5 Å². The fraction of sp³-hybridized carbons (Fsp3) is 0.280. The number of hydrogen-bond acceptors (Lipinski definition) is 3. The van der Waals surface area contributed by atoms with E-state index in [4.69, 9.17) is 4.74 Å². The third-order valence-corrected chi connectivity index (χ3v) is 5.54. The van der Waals surface area contributed by atoms with Gasteiger partial charge in [-0.05, 0) is 68.7 Å². The zero-order valence-corrected chi connectivity index (χ0v) is 19.8. The highest BCUT2D eigenvalue weighted by Gasteiger charge is 2.10. The van der Waals surface area contributed by atoms with Crippen LogP contribution >= 0.6 is 15.9 Å². The van der Waals surface area contributed by atoms with Gasteiger partial charge in [0.2, 0.25) is 0 Å². The molecule has 0 atom stereocenters. The molecule has 1 N–H and O–H groups in total. The lowest BCUT2D eigenvalue weighted by atomic mass is 10.1. The zero-order valence-electron chi connectivity index (χ0n) is 18.2. The number of ether oxygens (including phenoxy) is 1. The molecule has 1 aromatic heterocycles. The van der Waals surface area contributed by atoms with Gasteiger partial charge in [0.1, 0.15) is 5.75 Å². The lowest BCUT2D eigenvalue weighted by molar-refractivity contribution is -0.123. The summed E-state index contributed by atoms with van der Waals surface area (Å²) >= 11 is 3.38. The van der Waals surface area contributed by atoms with E-state index in [0.717, 1.165) is 33.5 Å². The van der Waals surface area contributed by atoms with Crippen LogP contribution in [-0.2, 0) is 11.2 Å². The maximum absolute atomic E-state index is 12.0. The van der Waals surface area contributed by atoms with E-state index in [9.17, 15) is 4.79 Å². The highest BCUT2D eigenvalue weighted by atomic mass is 79.9. The van der Waals surface area contributed by atoms with Crippen molar-refractivity contribution in [2.45, 2.75) is 40.0 Å². The topological polar surface area (TPSA) is 55.6 Å². The molecule has 0 aliphatic carbocycles. The number of aromatic nitrogens is 1. The van der Waals surface area contributed by atoms with Gasteiger partial charge in [-0.1, -0.05) is 47.5 Å².